The van der Waals surface area contributed by atoms with Gasteiger partial charge >= 0.3 is 5.97 Å². The molecule has 0 amide bonds. The summed E-state index contributed by atoms with van der Waals surface area (Å²) >= 11 is 1.50. The third-order valence-corrected chi connectivity index (χ3v) is 6.33. The zero-order valence-corrected chi connectivity index (χ0v) is 17.0. The molecule has 1 aromatic rings. The van der Waals surface area contributed by atoms with Crippen LogP contribution in [0.3, 0.4) is 0 Å². The number of fused-ring (bicyclic) bond motifs is 1. The lowest BCUT2D eigenvalue weighted by Crippen LogP contribution is -2.58. The first-order valence-corrected chi connectivity index (χ1v) is 10.2. The zero-order valence-electron chi connectivity index (χ0n) is 16.1. The lowest BCUT2D eigenvalue weighted by Gasteiger charge is -2.49. The summed E-state index contributed by atoms with van der Waals surface area (Å²) in [7, 11) is 0. The van der Waals surface area contributed by atoms with E-state index in [1.807, 2.05) is 24.9 Å². The number of benzene rings is 1. The Kier molecular flexibility index (Phi) is 5.81. The van der Waals surface area contributed by atoms with Crippen LogP contribution in [0.4, 0.5) is 0 Å². The van der Waals surface area contributed by atoms with Gasteiger partial charge in [-0.2, -0.15) is 10.5 Å². The van der Waals surface area contributed by atoms with Crippen molar-refractivity contribution in [3.63, 3.8) is 0 Å². The van der Waals surface area contributed by atoms with Gasteiger partial charge in [0.1, 0.15) is 17.4 Å². The molecule has 2 unspecified atom stereocenters. The number of carbonyl (C=O) groups is 1. The molecule has 0 saturated carbocycles. The highest BCUT2D eigenvalue weighted by Gasteiger charge is 2.53. The SMILES string of the molecule is CCC1(CC)Oc2ccc(C#N)cc2C(N2CCS/C2=N\C#N)C1OC(C)=O. The van der Waals surface area contributed by atoms with Gasteiger partial charge in [0.2, 0.25) is 6.19 Å². The lowest BCUT2D eigenvalue weighted by atomic mass is 9.79. The Morgan fingerprint density at radius 3 is 2.79 bits per heavy atom. The topological polar surface area (TPSA) is 98.7 Å². The van der Waals surface area contributed by atoms with Crippen molar-refractivity contribution >= 4 is 22.9 Å². The van der Waals surface area contributed by atoms with E-state index in [-0.39, 0.29) is 6.04 Å². The van der Waals surface area contributed by atoms with E-state index in [0.29, 0.717) is 35.9 Å². The van der Waals surface area contributed by atoms with Crippen molar-refractivity contribution in [1.29, 1.82) is 10.5 Å². The molecular weight excluding hydrogens is 376 g/mol. The number of rotatable bonds is 4. The van der Waals surface area contributed by atoms with Crippen LogP contribution in [0.2, 0.25) is 0 Å². The average Bonchev–Trinajstić information content (AvgIpc) is 3.14. The van der Waals surface area contributed by atoms with E-state index in [1.54, 1.807) is 18.2 Å². The molecule has 0 spiro atoms. The third-order valence-electron chi connectivity index (χ3n) is 5.36. The Morgan fingerprint density at radius 1 is 1.43 bits per heavy atom. The first-order valence-electron chi connectivity index (χ1n) is 9.26. The van der Waals surface area contributed by atoms with Gasteiger partial charge in [-0.3, -0.25) is 4.79 Å². The van der Waals surface area contributed by atoms with E-state index in [4.69, 9.17) is 14.7 Å². The van der Waals surface area contributed by atoms with Crippen molar-refractivity contribution in [2.45, 2.75) is 51.4 Å². The van der Waals surface area contributed by atoms with E-state index in [9.17, 15) is 10.1 Å². The van der Waals surface area contributed by atoms with Gasteiger partial charge in [0.05, 0.1) is 11.6 Å². The molecule has 146 valence electrons. The standard InChI is InChI=1S/C20H22N4O3S/c1-4-20(5-2)18(26-13(3)25)17(24-8-9-28-19(24)23-12-22)15-10-14(11-21)6-7-16(15)27-20/h6-7,10,17-18H,4-5,8-9H2,1-3H3/b23-19-. The molecular formula is C20H22N4O3S. The molecule has 1 aromatic carbocycles. The molecule has 1 fully saturated rings. The van der Waals surface area contributed by atoms with E-state index in [2.05, 4.69) is 11.1 Å². The molecule has 1 saturated heterocycles. The number of hydrogen-bond donors (Lipinski definition) is 0. The number of aliphatic imine (C=N–C) groups is 1. The monoisotopic (exact) mass is 398 g/mol. The van der Waals surface area contributed by atoms with Gasteiger partial charge in [-0.15, -0.1) is 4.99 Å². The molecule has 2 heterocycles. The molecule has 0 aromatic heterocycles. The quantitative estimate of drug-likeness (QED) is 0.566. The van der Waals surface area contributed by atoms with Crippen LogP contribution in [0.1, 0.15) is 50.8 Å². The van der Waals surface area contributed by atoms with Crippen molar-refractivity contribution in [3.8, 4) is 18.0 Å². The van der Waals surface area contributed by atoms with Crippen molar-refractivity contribution in [1.82, 2.24) is 4.90 Å². The van der Waals surface area contributed by atoms with Gasteiger partial charge in [-0.25, -0.2) is 0 Å². The van der Waals surface area contributed by atoms with E-state index in [0.717, 1.165) is 11.3 Å². The number of hydrogen-bond acceptors (Lipinski definition) is 7. The van der Waals surface area contributed by atoms with Gasteiger partial charge in [-0.1, -0.05) is 25.6 Å². The molecule has 2 atom stereocenters. The van der Waals surface area contributed by atoms with Crippen LogP contribution in [-0.4, -0.2) is 40.0 Å². The highest BCUT2D eigenvalue weighted by atomic mass is 32.2. The third kappa shape index (κ3) is 3.41. The van der Waals surface area contributed by atoms with Crippen LogP contribution >= 0.6 is 11.8 Å². The Labute approximate surface area is 168 Å². The second kappa shape index (κ2) is 8.12. The maximum Gasteiger partial charge on any atom is 0.303 e. The summed E-state index contributed by atoms with van der Waals surface area (Å²) in [6.07, 6.45) is 2.55. The summed E-state index contributed by atoms with van der Waals surface area (Å²) in [5.41, 5.74) is 0.568. The fourth-order valence-electron chi connectivity index (χ4n) is 3.96. The minimum Gasteiger partial charge on any atom is -0.483 e. The van der Waals surface area contributed by atoms with E-state index in [1.165, 1.54) is 18.7 Å². The van der Waals surface area contributed by atoms with E-state index < -0.39 is 17.7 Å². The predicted octanol–water partition coefficient (Wildman–Crippen LogP) is 3.37. The summed E-state index contributed by atoms with van der Waals surface area (Å²) in [5, 5.41) is 19.1. The summed E-state index contributed by atoms with van der Waals surface area (Å²) in [6, 6.07) is 7.07. The number of esters is 1. The minimum absolute atomic E-state index is 0.386. The molecule has 0 aliphatic carbocycles. The van der Waals surface area contributed by atoms with Crippen molar-refractivity contribution in [3.05, 3.63) is 29.3 Å². The first kappa shape index (κ1) is 20.0. The Morgan fingerprint density at radius 2 is 2.18 bits per heavy atom. The first-order chi connectivity index (χ1) is 13.5. The number of nitriles is 2. The van der Waals surface area contributed by atoms with Gasteiger partial charge in [0.25, 0.3) is 0 Å². The Bertz CT molecular complexity index is 882. The van der Waals surface area contributed by atoms with Gasteiger partial charge in [-0.05, 0) is 31.0 Å². The number of nitrogens with zero attached hydrogens (tertiary/aromatic N) is 4. The fraction of sp³-hybridized carbons (Fsp3) is 0.500. The Hall–Kier alpha value is -2.71. The van der Waals surface area contributed by atoms with Crippen molar-refractivity contribution in [2.75, 3.05) is 12.3 Å². The molecule has 0 bridgehead atoms. The zero-order chi connectivity index (χ0) is 20.3. The van der Waals surface area contributed by atoms with Crippen molar-refractivity contribution in [2.24, 2.45) is 4.99 Å². The number of carbonyl (C=O) groups excluding carboxylic acids is 1. The summed E-state index contributed by atoms with van der Waals surface area (Å²) in [6.45, 7) is 6.06. The summed E-state index contributed by atoms with van der Waals surface area (Å²) in [5.74, 6) is 1.06. The number of amidine groups is 1. The Balaban J connectivity index is 2.23. The second-order valence-electron chi connectivity index (χ2n) is 6.75. The fourth-order valence-corrected chi connectivity index (χ4v) is 4.91. The predicted molar refractivity (Wildman–Crippen MR) is 106 cm³/mol. The van der Waals surface area contributed by atoms with Crippen LogP contribution in [0.5, 0.6) is 5.75 Å². The largest absolute Gasteiger partial charge is 0.483 e. The highest BCUT2D eigenvalue weighted by Crippen LogP contribution is 2.48. The maximum absolute atomic E-state index is 12.0. The van der Waals surface area contributed by atoms with Crippen LogP contribution in [0.25, 0.3) is 0 Å². The smallest absolute Gasteiger partial charge is 0.303 e. The van der Waals surface area contributed by atoms with Crippen molar-refractivity contribution < 1.29 is 14.3 Å². The molecule has 7 nitrogen and oxygen atoms in total. The van der Waals surface area contributed by atoms with Crippen LogP contribution in [0.15, 0.2) is 23.2 Å². The molecule has 0 radical (unpaired) electrons. The average molecular weight is 398 g/mol. The van der Waals surface area contributed by atoms with Crippen LogP contribution < -0.4 is 4.74 Å². The molecule has 8 heteroatoms. The van der Waals surface area contributed by atoms with E-state index >= 15 is 0 Å². The second-order valence-corrected chi connectivity index (χ2v) is 7.81. The van der Waals surface area contributed by atoms with Gasteiger partial charge in [0, 0.05) is 24.8 Å². The molecule has 3 rings (SSSR count). The number of ether oxygens (including phenoxy) is 2. The van der Waals surface area contributed by atoms with Crippen LogP contribution in [0, 0.1) is 22.8 Å². The minimum atomic E-state index is -0.706. The lowest BCUT2D eigenvalue weighted by molar-refractivity contribution is -0.172. The molecule has 28 heavy (non-hydrogen) atoms. The molecule has 2 aliphatic heterocycles. The number of thioether (sulfide) groups is 1. The maximum atomic E-state index is 12.0. The summed E-state index contributed by atoms with van der Waals surface area (Å²) in [4.78, 5) is 18.0. The van der Waals surface area contributed by atoms with Gasteiger partial charge < -0.3 is 14.4 Å². The van der Waals surface area contributed by atoms with Gasteiger partial charge in [0.15, 0.2) is 11.3 Å². The molecule has 0 N–H and O–H groups in total. The van der Waals surface area contributed by atoms with Crippen LogP contribution in [-0.2, 0) is 9.53 Å². The highest BCUT2D eigenvalue weighted by molar-refractivity contribution is 8.14. The summed E-state index contributed by atoms with van der Waals surface area (Å²) < 4.78 is 12.2. The normalized spacial score (nSPS) is 24.0. The molecule has 2 aliphatic rings.